The molecule has 3 rings (SSSR count). The Balaban J connectivity index is 1.70. The van der Waals surface area contributed by atoms with Crippen LogP contribution >= 0.6 is 11.6 Å². The molecule has 0 aliphatic carbocycles. The Morgan fingerprint density at radius 3 is 2.64 bits per heavy atom. The van der Waals surface area contributed by atoms with Crippen LogP contribution in [0.1, 0.15) is 27.2 Å². The van der Waals surface area contributed by atoms with Crippen LogP contribution in [0.25, 0.3) is 11.3 Å². The number of benzene rings is 2. The van der Waals surface area contributed by atoms with Gasteiger partial charge in [-0.1, -0.05) is 29.8 Å². The number of nitrogens with zero attached hydrogens (tertiary/aromatic N) is 1. The van der Waals surface area contributed by atoms with Gasteiger partial charge < -0.3 is 4.42 Å². The summed E-state index contributed by atoms with van der Waals surface area (Å²) in [6.07, 6.45) is -3.19. The van der Waals surface area contributed by atoms with Gasteiger partial charge in [0.05, 0.1) is 22.4 Å². The van der Waals surface area contributed by atoms with Crippen molar-refractivity contribution in [3.05, 3.63) is 82.1 Å². The normalized spacial score (nSPS) is 11.8. The van der Waals surface area contributed by atoms with Crippen LogP contribution in [-0.2, 0) is 6.18 Å². The first kappa shape index (κ1) is 19.7. The van der Waals surface area contributed by atoms with E-state index in [0.29, 0.717) is 5.02 Å². The van der Waals surface area contributed by atoms with Crippen molar-refractivity contribution in [3.8, 4) is 11.3 Å². The van der Waals surface area contributed by atoms with Gasteiger partial charge in [-0.2, -0.15) is 18.3 Å². The molecule has 0 saturated carbocycles. The third kappa shape index (κ3) is 4.61. The third-order valence-electron chi connectivity index (χ3n) is 3.83. The fourth-order valence-corrected chi connectivity index (χ4v) is 2.77. The molecule has 0 radical (unpaired) electrons. The summed E-state index contributed by atoms with van der Waals surface area (Å²) in [5.74, 6) is 0.0223. The lowest BCUT2D eigenvalue weighted by atomic mass is 10.1. The molecule has 144 valence electrons. The van der Waals surface area contributed by atoms with Crippen molar-refractivity contribution in [1.82, 2.24) is 5.43 Å². The summed E-state index contributed by atoms with van der Waals surface area (Å²) in [6, 6.07) is 12.9. The minimum absolute atomic E-state index is 0.250. The second kappa shape index (κ2) is 7.90. The van der Waals surface area contributed by atoms with E-state index in [1.165, 1.54) is 30.5 Å². The molecule has 1 aromatic heterocycles. The molecule has 1 heterocycles. The molecule has 4 nitrogen and oxygen atoms in total. The average molecular weight is 407 g/mol. The summed E-state index contributed by atoms with van der Waals surface area (Å²) in [5, 5.41) is 4.09. The average Bonchev–Trinajstić information content (AvgIpc) is 3.10. The predicted octanol–water partition coefficient (Wildman–Crippen LogP) is 5.69. The smallest absolute Gasteiger partial charge is 0.416 e. The number of halogens is 4. The van der Waals surface area contributed by atoms with Crippen molar-refractivity contribution in [3.63, 3.8) is 0 Å². The summed E-state index contributed by atoms with van der Waals surface area (Å²) in [5.41, 5.74) is 3.03. The minimum atomic E-state index is -4.44. The quantitative estimate of drug-likeness (QED) is 0.447. The second-order valence-corrected chi connectivity index (χ2v) is 6.37. The highest BCUT2D eigenvalue weighted by molar-refractivity contribution is 6.33. The number of hydrazone groups is 1. The van der Waals surface area contributed by atoms with Crippen molar-refractivity contribution in [2.45, 2.75) is 13.1 Å². The molecule has 0 fully saturated rings. The molecule has 28 heavy (non-hydrogen) atoms. The number of hydrogen-bond acceptors (Lipinski definition) is 3. The molecular formula is C20H14ClF3N2O2. The van der Waals surface area contributed by atoms with Gasteiger partial charge in [0, 0.05) is 5.56 Å². The molecule has 0 atom stereocenters. The van der Waals surface area contributed by atoms with E-state index in [9.17, 15) is 18.0 Å². The first-order valence-electron chi connectivity index (χ1n) is 8.11. The van der Waals surface area contributed by atoms with Gasteiger partial charge in [-0.15, -0.1) is 0 Å². The van der Waals surface area contributed by atoms with E-state index in [0.717, 1.165) is 17.7 Å². The monoisotopic (exact) mass is 406 g/mol. The maximum Gasteiger partial charge on any atom is 0.416 e. The van der Waals surface area contributed by atoms with E-state index < -0.39 is 17.6 Å². The van der Waals surface area contributed by atoms with Crippen molar-refractivity contribution >= 4 is 23.7 Å². The van der Waals surface area contributed by atoms with Crippen molar-refractivity contribution < 1.29 is 22.4 Å². The Hall–Kier alpha value is -3.06. The molecule has 0 aliphatic heterocycles. The lowest BCUT2D eigenvalue weighted by molar-refractivity contribution is -0.137. The molecule has 3 aromatic rings. The van der Waals surface area contributed by atoms with E-state index >= 15 is 0 Å². The van der Waals surface area contributed by atoms with Crippen molar-refractivity contribution in [2.75, 3.05) is 0 Å². The number of furan rings is 1. The Kier molecular flexibility index (Phi) is 5.56. The number of aryl methyl sites for hydroxylation is 1. The molecule has 0 bridgehead atoms. The molecular weight excluding hydrogens is 393 g/mol. The summed E-state index contributed by atoms with van der Waals surface area (Å²) < 4.78 is 43.9. The molecule has 0 unspecified atom stereocenters. The van der Waals surface area contributed by atoms with Crippen LogP contribution in [0.15, 0.2) is 64.1 Å². The molecule has 2 aromatic carbocycles. The zero-order valence-corrected chi connectivity index (χ0v) is 15.3. The van der Waals surface area contributed by atoms with Crippen LogP contribution in [0.2, 0.25) is 5.02 Å². The fraction of sp³-hybridized carbons (Fsp3) is 0.100. The van der Waals surface area contributed by atoms with Crippen molar-refractivity contribution in [2.24, 2.45) is 5.10 Å². The number of carbonyl (C=O) groups is 1. The van der Waals surface area contributed by atoms with Crippen LogP contribution in [0.3, 0.4) is 0 Å². The molecule has 1 N–H and O–H groups in total. The third-order valence-corrected chi connectivity index (χ3v) is 4.14. The van der Waals surface area contributed by atoms with E-state index in [-0.39, 0.29) is 22.6 Å². The van der Waals surface area contributed by atoms with Crippen LogP contribution in [0, 0.1) is 6.92 Å². The van der Waals surface area contributed by atoms with Gasteiger partial charge in [0.1, 0.15) is 11.5 Å². The summed E-state index contributed by atoms with van der Waals surface area (Å²) in [7, 11) is 0. The Morgan fingerprint density at radius 1 is 1.14 bits per heavy atom. The highest BCUT2D eigenvalue weighted by atomic mass is 35.5. The molecule has 8 heteroatoms. The number of carbonyl (C=O) groups excluding carboxylic acids is 1. The van der Waals surface area contributed by atoms with Crippen LogP contribution in [-0.4, -0.2) is 12.1 Å². The van der Waals surface area contributed by atoms with Crippen molar-refractivity contribution in [1.29, 1.82) is 0 Å². The molecule has 1 amide bonds. The minimum Gasteiger partial charge on any atom is -0.455 e. The zero-order chi connectivity index (χ0) is 20.3. The van der Waals surface area contributed by atoms with Gasteiger partial charge in [-0.25, -0.2) is 5.43 Å². The first-order chi connectivity index (χ1) is 13.2. The van der Waals surface area contributed by atoms with E-state index in [1.807, 2.05) is 6.92 Å². The van der Waals surface area contributed by atoms with E-state index in [2.05, 4.69) is 10.5 Å². The van der Waals surface area contributed by atoms with Gasteiger partial charge in [0.2, 0.25) is 0 Å². The number of nitrogens with one attached hydrogen (secondary N) is 1. The first-order valence-corrected chi connectivity index (χ1v) is 8.49. The predicted molar refractivity (Wildman–Crippen MR) is 100 cm³/mol. The molecule has 0 saturated heterocycles. The summed E-state index contributed by atoms with van der Waals surface area (Å²) >= 11 is 6.02. The Bertz CT molecular complexity index is 1040. The van der Waals surface area contributed by atoms with E-state index in [1.54, 1.807) is 18.2 Å². The zero-order valence-electron chi connectivity index (χ0n) is 14.5. The van der Waals surface area contributed by atoms with Gasteiger partial charge in [0.15, 0.2) is 0 Å². The second-order valence-electron chi connectivity index (χ2n) is 5.96. The Labute approximate surface area is 163 Å². The highest BCUT2D eigenvalue weighted by Gasteiger charge is 2.30. The van der Waals surface area contributed by atoms with Gasteiger partial charge in [-0.3, -0.25) is 4.79 Å². The largest absolute Gasteiger partial charge is 0.455 e. The number of alkyl halides is 3. The Morgan fingerprint density at radius 2 is 1.93 bits per heavy atom. The van der Waals surface area contributed by atoms with Crippen LogP contribution in [0.4, 0.5) is 13.2 Å². The van der Waals surface area contributed by atoms with Gasteiger partial charge in [-0.05, 0) is 48.9 Å². The number of rotatable bonds is 4. The standard InChI is InChI=1S/C20H14ClF3N2O2/c1-12-5-7-16(17(21)9-12)19(27)26-25-11-15-6-8-18(28-15)13-3-2-4-14(10-13)20(22,23)24/h2-11H,1H3,(H,26,27)/b25-11+. The summed E-state index contributed by atoms with van der Waals surface area (Å²) in [4.78, 5) is 12.1. The topological polar surface area (TPSA) is 54.6 Å². The maximum absolute atomic E-state index is 12.8. The summed E-state index contributed by atoms with van der Waals surface area (Å²) in [6.45, 7) is 1.85. The van der Waals surface area contributed by atoms with E-state index in [4.69, 9.17) is 16.0 Å². The molecule has 0 spiro atoms. The lowest BCUT2D eigenvalue weighted by Crippen LogP contribution is -2.18. The lowest BCUT2D eigenvalue weighted by Gasteiger charge is -2.07. The number of hydrogen-bond donors (Lipinski definition) is 1. The number of amides is 1. The highest BCUT2D eigenvalue weighted by Crippen LogP contribution is 2.32. The molecule has 0 aliphatic rings. The SMILES string of the molecule is Cc1ccc(C(=O)N/N=C/c2ccc(-c3cccc(C(F)(F)F)c3)o2)c(Cl)c1. The van der Waals surface area contributed by atoms with Gasteiger partial charge >= 0.3 is 6.18 Å². The maximum atomic E-state index is 12.8. The van der Waals surface area contributed by atoms with Crippen LogP contribution in [0.5, 0.6) is 0 Å². The van der Waals surface area contributed by atoms with Gasteiger partial charge in [0.25, 0.3) is 5.91 Å². The van der Waals surface area contributed by atoms with Crippen LogP contribution < -0.4 is 5.43 Å². The fourth-order valence-electron chi connectivity index (χ4n) is 2.45.